The minimum absolute atomic E-state index is 0.0769. The molecule has 9 heteroatoms. The van der Waals surface area contributed by atoms with E-state index in [9.17, 15) is 18.4 Å². The number of hydrogen-bond donors (Lipinski definition) is 2. The van der Waals surface area contributed by atoms with Crippen molar-refractivity contribution in [3.8, 4) is 0 Å². The summed E-state index contributed by atoms with van der Waals surface area (Å²) in [6, 6.07) is 0. The molecule has 0 radical (unpaired) electrons. The topological polar surface area (TPSA) is 79.9 Å². The molecule has 2 aliphatic rings. The Kier molecular flexibility index (Phi) is 6.37. The third kappa shape index (κ3) is 5.40. The second kappa shape index (κ2) is 8.34. The number of aldehydes is 1. The molecule has 1 amide bonds. The number of ether oxygens (including phenoxy) is 2. The number of alkyl halides is 1. The Morgan fingerprint density at radius 2 is 2.07 bits per heavy atom. The molecule has 0 aromatic heterocycles. The minimum Gasteiger partial charge on any atom is -0.443 e. The van der Waals surface area contributed by atoms with Gasteiger partial charge in [0.25, 0.3) is 0 Å². The van der Waals surface area contributed by atoms with E-state index in [1.165, 1.54) is 25.3 Å². The summed E-state index contributed by atoms with van der Waals surface area (Å²) in [5.74, 6) is -0.465. The maximum atomic E-state index is 14.1. The van der Waals surface area contributed by atoms with Crippen molar-refractivity contribution in [2.24, 2.45) is 0 Å². The van der Waals surface area contributed by atoms with Crippen LogP contribution in [-0.4, -0.2) is 49.1 Å². The standard InChI is InChI=1S/C18H23F2N3O4/c1-18(2,3)27-17(25)23(14-6-5-11(10-24)15(20)22-14)9-12-7-13(19)8-21-16(12)26-4/h5-8,10,15-16,21-22H,9H2,1-4H3. The summed E-state index contributed by atoms with van der Waals surface area (Å²) in [7, 11) is 1.43. The van der Waals surface area contributed by atoms with Crippen LogP contribution in [-0.2, 0) is 14.3 Å². The van der Waals surface area contributed by atoms with Crippen LogP contribution in [0, 0.1) is 0 Å². The first kappa shape index (κ1) is 20.6. The number of methoxy groups -OCH3 is 1. The fraction of sp³-hybridized carbons (Fsp3) is 0.444. The maximum absolute atomic E-state index is 14.1. The molecule has 2 rings (SSSR count). The van der Waals surface area contributed by atoms with Gasteiger partial charge in [-0.3, -0.25) is 9.69 Å². The lowest BCUT2D eigenvalue weighted by atomic mass is 10.1. The Morgan fingerprint density at radius 3 is 2.63 bits per heavy atom. The van der Waals surface area contributed by atoms with Crippen LogP contribution < -0.4 is 10.6 Å². The Hall–Kier alpha value is -2.68. The summed E-state index contributed by atoms with van der Waals surface area (Å²) in [5.41, 5.74) is -0.508. The molecule has 2 unspecified atom stereocenters. The smallest absolute Gasteiger partial charge is 0.416 e. The molecule has 0 bridgehead atoms. The lowest BCUT2D eigenvalue weighted by Gasteiger charge is -2.33. The van der Waals surface area contributed by atoms with Crippen LogP contribution in [0.1, 0.15) is 20.8 Å². The Labute approximate surface area is 156 Å². The van der Waals surface area contributed by atoms with Gasteiger partial charge in [-0.15, -0.1) is 0 Å². The van der Waals surface area contributed by atoms with Crippen LogP contribution in [0.5, 0.6) is 0 Å². The molecule has 0 aromatic rings. The number of carbonyl (C=O) groups is 2. The average Bonchev–Trinajstić information content (AvgIpc) is 2.58. The number of allylic oxidation sites excluding steroid dienone is 4. The molecule has 0 fully saturated rings. The van der Waals surface area contributed by atoms with Crippen LogP contribution in [0.25, 0.3) is 0 Å². The maximum Gasteiger partial charge on any atom is 0.416 e. The first-order chi connectivity index (χ1) is 12.6. The molecule has 0 spiro atoms. The van der Waals surface area contributed by atoms with Gasteiger partial charge in [0.05, 0.1) is 6.54 Å². The quantitative estimate of drug-likeness (QED) is 0.561. The first-order valence-corrected chi connectivity index (χ1v) is 8.27. The van der Waals surface area contributed by atoms with Crippen LogP contribution in [0.4, 0.5) is 13.6 Å². The Morgan fingerprint density at radius 1 is 1.37 bits per heavy atom. The molecule has 7 nitrogen and oxygen atoms in total. The largest absolute Gasteiger partial charge is 0.443 e. The molecule has 2 heterocycles. The van der Waals surface area contributed by atoms with Gasteiger partial charge in [-0.2, -0.15) is 0 Å². The summed E-state index contributed by atoms with van der Waals surface area (Å²) >= 11 is 0. The van der Waals surface area contributed by atoms with E-state index in [0.29, 0.717) is 11.9 Å². The first-order valence-electron chi connectivity index (χ1n) is 8.27. The van der Waals surface area contributed by atoms with Gasteiger partial charge in [-0.1, -0.05) is 0 Å². The molecular weight excluding hydrogens is 360 g/mol. The van der Waals surface area contributed by atoms with Gasteiger partial charge in [-0.25, -0.2) is 13.6 Å². The lowest BCUT2D eigenvalue weighted by Crippen LogP contribution is -2.46. The molecule has 2 atom stereocenters. The molecule has 0 saturated heterocycles. The van der Waals surface area contributed by atoms with Crippen LogP contribution >= 0.6 is 0 Å². The highest BCUT2D eigenvalue weighted by Crippen LogP contribution is 2.22. The molecule has 0 saturated carbocycles. The van der Waals surface area contributed by atoms with Gasteiger partial charge < -0.3 is 20.1 Å². The van der Waals surface area contributed by atoms with Gasteiger partial charge in [0.2, 0.25) is 0 Å². The van der Waals surface area contributed by atoms with Crippen molar-refractivity contribution in [1.82, 2.24) is 15.5 Å². The molecule has 2 N–H and O–H groups in total. The molecule has 148 valence electrons. The summed E-state index contributed by atoms with van der Waals surface area (Å²) < 4.78 is 38.4. The summed E-state index contributed by atoms with van der Waals surface area (Å²) in [4.78, 5) is 24.6. The summed E-state index contributed by atoms with van der Waals surface area (Å²) in [6.45, 7) is 4.94. The monoisotopic (exact) mass is 383 g/mol. The Bertz CT molecular complexity index is 723. The SMILES string of the molecule is COC1NC=C(F)C=C1CN(C(=O)OC(C)(C)C)C1=CC=C(C=O)C(F)N1. The predicted octanol–water partition coefficient (Wildman–Crippen LogP) is 2.40. The third-order valence-electron chi connectivity index (χ3n) is 3.65. The van der Waals surface area contributed by atoms with Crippen LogP contribution in [0.2, 0.25) is 0 Å². The lowest BCUT2D eigenvalue weighted by molar-refractivity contribution is -0.105. The van der Waals surface area contributed by atoms with Crippen LogP contribution in [0.3, 0.4) is 0 Å². The van der Waals surface area contributed by atoms with Crippen molar-refractivity contribution >= 4 is 12.4 Å². The number of carbonyl (C=O) groups excluding carboxylic acids is 2. The van der Waals surface area contributed by atoms with Crippen molar-refractivity contribution in [2.45, 2.75) is 38.9 Å². The predicted molar refractivity (Wildman–Crippen MR) is 94.4 cm³/mol. The average molecular weight is 383 g/mol. The van der Waals surface area contributed by atoms with Crippen molar-refractivity contribution in [3.63, 3.8) is 0 Å². The third-order valence-corrected chi connectivity index (χ3v) is 3.65. The fourth-order valence-corrected chi connectivity index (χ4v) is 2.44. The highest BCUT2D eigenvalue weighted by atomic mass is 19.1. The zero-order valence-corrected chi connectivity index (χ0v) is 15.6. The molecule has 0 aromatic carbocycles. The van der Waals surface area contributed by atoms with Gasteiger partial charge in [0, 0.05) is 24.5 Å². The number of halogens is 2. The van der Waals surface area contributed by atoms with Crippen LogP contribution in [0.15, 0.2) is 47.2 Å². The number of nitrogens with zero attached hydrogens (tertiary/aromatic N) is 1. The Balaban J connectivity index is 2.34. The van der Waals surface area contributed by atoms with E-state index >= 15 is 0 Å². The number of dihydropyridines is 2. The number of hydrogen-bond acceptors (Lipinski definition) is 6. The molecule has 27 heavy (non-hydrogen) atoms. The van der Waals surface area contributed by atoms with Gasteiger partial charge >= 0.3 is 6.09 Å². The zero-order valence-electron chi connectivity index (χ0n) is 15.6. The van der Waals surface area contributed by atoms with E-state index in [0.717, 1.165) is 11.1 Å². The van der Waals surface area contributed by atoms with E-state index in [-0.39, 0.29) is 17.9 Å². The van der Waals surface area contributed by atoms with Gasteiger partial charge in [-0.05, 0) is 39.0 Å². The zero-order chi connectivity index (χ0) is 20.2. The second-order valence-corrected chi connectivity index (χ2v) is 6.94. The van der Waals surface area contributed by atoms with Crippen molar-refractivity contribution < 1.29 is 27.8 Å². The number of nitrogens with one attached hydrogen (secondary N) is 2. The molecule has 2 aliphatic heterocycles. The van der Waals surface area contributed by atoms with Crippen molar-refractivity contribution in [1.29, 1.82) is 0 Å². The molecular formula is C18H23F2N3O4. The highest BCUT2D eigenvalue weighted by Gasteiger charge is 2.31. The van der Waals surface area contributed by atoms with E-state index in [4.69, 9.17) is 9.47 Å². The van der Waals surface area contributed by atoms with E-state index in [1.54, 1.807) is 20.8 Å². The highest BCUT2D eigenvalue weighted by molar-refractivity contribution is 5.77. The fourth-order valence-electron chi connectivity index (χ4n) is 2.44. The van der Waals surface area contributed by atoms with Gasteiger partial charge in [0.15, 0.2) is 18.8 Å². The van der Waals surface area contributed by atoms with Crippen molar-refractivity contribution in [3.05, 3.63) is 47.2 Å². The second-order valence-electron chi connectivity index (χ2n) is 6.94. The number of rotatable bonds is 5. The van der Waals surface area contributed by atoms with E-state index in [1.807, 2.05) is 0 Å². The molecule has 0 aliphatic carbocycles. The summed E-state index contributed by atoms with van der Waals surface area (Å²) in [6.07, 6.45) is 2.20. The normalized spacial score (nSPS) is 22.3. The van der Waals surface area contributed by atoms with Crippen molar-refractivity contribution in [2.75, 3.05) is 13.7 Å². The van der Waals surface area contributed by atoms with Gasteiger partial charge in [0.1, 0.15) is 17.2 Å². The number of amides is 1. The van der Waals surface area contributed by atoms with E-state index in [2.05, 4.69) is 10.6 Å². The van der Waals surface area contributed by atoms with E-state index < -0.39 is 30.0 Å². The summed E-state index contributed by atoms with van der Waals surface area (Å²) in [5, 5.41) is 5.15. The minimum atomic E-state index is -1.78.